The summed E-state index contributed by atoms with van der Waals surface area (Å²) in [5.41, 5.74) is 19.7. The molecule has 0 N–H and O–H groups in total. The lowest BCUT2D eigenvalue weighted by atomic mass is 9.78. The molecule has 11 aromatic carbocycles. The van der Waals surface area contributed by atoms with E-state index in [9.17, 15) is 0 Å². The molecular weight excluding hydrogens is 1190 g/mol. The number of aromatic nitrogens is 4. The van der Waals surface area contributed by atoms with Crippen LogP contribution in [0.1, 0.15) is 27.7 Å². The van der Waals surface area contributed by atoms with Crippen molar-refractivity contribution in [3.05, 3.63) is 296 Å². The largest absolute Gasteiger partial charge is 0.494 e. The van der Waals surface area contributed by atoms with Crippen molar-refractivity contribution in [3.8, 4) is 89.4 Å². The van der Waals surface area contributed by atoms with E-state index in [1.54, 1.807) is 22.7 Å². The van der Waals surface area contributed by atoms with Crippen molar-refractivity contribution in [2.24, 2.45) is 0 Å². The van der Waals surface area contributed by atoms with Gasteiger partial charge in [-0.15, -0.1) is 22.7 Å². The summed E-state index contributed by atoms with van der Waals surface area (Å²) >= 11 is 15.1. The van der Waals surface area contributed by atoms with E-state index in [0.29, 0.717) is 5.15 Å². The fraction of sp³-hybridized carbons (Fsp3) is 0.0750. The van der Waals surface area contributed by atoms with Crippen LogP contribution in [0.4, 0.5) is 0 Å². The number of hydrogen-bond acceptors (Lipinski definition) is 8. The van der Waals surface area contributed by atoms with Crippen LogP contribution < -0.4 is 5.46 Å². The highest BCUT2D eigenvalue weighted by molar-refractivity contribution is 7.26. The van der Waals surface area contributed by atoms with Gasteiger partial charge in [0, 0.05) is 31.3 Å². The Labute approximate surface area is 548 Å². The highest BCUT2D eigenvalue weighted by Crippen LogP contribution is 2.42. The summed E-state index contributed by atoms with van der Waals surface area (Å²) in [5.74, 6) is 0.732. The second-order valence-electron chi connectivity index (χ2n) is 23.4. The molecule has 1 saturated heterocycles. The number of benzene rings is 11. The average molecular weight is 1250 g/mol. The van der Waals surface area contributed by atoms with Crippen molar-refractivity contribution < 1.29 is 9.31 Å². The van der Waals surface area contributed by atoms with Gasteiger partial charge in [0.25, 0.3) is 0 Å². The Morgan fingerprint density at radius 3 is 1.10 bits per heavy atom. The van der Waals surface area contributed by atoms with Crippen LogP contribution in [0.25, 0.3) is 130 Å². The SMILES string of the molecule is CC1(C)OB(c2ccc(-c3cccc(-c4ccccc4)c3)cc2)OC1(C)C.Clc1nc(Cl)c2sc3ccccc3c2n1.c1ccc(-c2cccc(-c3ccc(-c4nc(-c5ccc(-c6cccc(-c7ccccc7)c6)cc5)c5sc6ccccc6c5n4)cc3)c2)cc1. The van der Waals surface area contributed by atoms with Gasteiger partial charge in [0.15, 0.2) is 11.0 Å². The van der Waals surface area contributed by atoms with Crippen molar-refractivity contribution in [2.45, 2.75) is 38.9 Å². The Balaban J connectivity index is 0.000000142. The molecule has 6 nitrogen and oxygen atoms in total. The molecule has 0 radical (unpaired) electrons. The van der Waals surface area contributed by atoms with Gasteiger partial charge >= 0.3 is 7.12 Å². The van der Waals surface area contributed by atoms with Crippen molar-refractivity contribution in [2.75, 3.05) is 0 Å². The second kappa shape index (κ2) is 25.5. The second-order valence-corrected chi connectivity index (χ2v) is 26.2. The number of halogens is 2. The standard InChI is InChI=1S/C46H30N2S.C24H25BO2.C10H4Cl2N2S/c1-3-11-31(12-4-1)37-15-9-17-39(29-37)33-21-25-35(26-22-33)43-45-44(41-19-7-8-20-42(41)49-45)48-46(47-43)36-27-23-34(24-28-36)40-18-10-16-38(30-40)32-13-5-2-6-14-32;1-23(2)24(3,4)27-25(26-23)22-15-13-19(14-16-22)21-12-8-11-20(17-21)18-9-6-5-7-10-18;11-9-8-7(13-10(12)14-9)5-3-1-2-4-6(5)15-8/h1-30H;5-17H,1-4H3;1-4H. The highest BCUT2D eigenvalue weighted by atomic mass is 35.5. The zero-order valence-corrected chi connectivity index (χ0v) is 53.5. The van der Waals surface area contributed by atoms with Gasteiger partial charge in [-0.1, -0.05) is 266 Å². The first-order valence-electron chi connectivity index (χ1n) is 30.2. The molecule has 16 rings (SSSR count). The third kappa shape index (κ3) is 12.5. The minimum absolute atomic E-state index is 0.191. The molecule has 0 aliphatic carbocycles. The Kier molecular flexibility index (Phi) is 16.6. The van der Waals surface area contributed by atoms with E-state index >= 15 is 0 Å². The predicted molar refractivity (Wildman–Crippen MR) is 386 cm³/mol. The molecule has 440 valence electrons. The summed E-state index contributed by atoms with van der Waals surface area (Å²) in [6.07, 6.45) is 0. The maximum atomic E-state index is 6.15. The first kappa shape index (κ1) is 59.2. The van der Waals surface area contributed by atoms with Gasteiger partial charge in [0.05, 0.1) is 37.3 Å². The number of thiophene rings is 2. The minimum atomic E-state index is -0.320. The summed E-state index contributed by atoms with van der Waals surface area (Å²) in [4.78, 5) is 18.6. The highest BCUT2D eigenvalue weighted by Gasteiger charge is 2.51. The lowest BCUT2D eigenvalue weighted by Gasteiger charge is -2.32. The van der Waals surface area contributed by atoms with E-state index in [1.807, 2.05) is 30.3 Å². The molecule has 5 heterocycles. The van der Waals surface area contributed by atoms with E-state index in [2.05, 4.69) is 292 Å². The number of nitrogens with zero attached hydrogens (tertiary/aromatic N) is 4. The van der Waals surface area contributed by atoms with E-state index in [0.717, 1.165) is 69.6 Å². The van der Waals surface area contributed by atoms with Crippen molar-refractivity contribution in [1.29, 1.82) is 0 Å². The summed E-state index contributed by atoms with van der Waals surface area (Å²) in [7, 11) is -0.320. The van der Waals surface area contributed by atoms with E-state index in [4.69, 9.17) is 42.5 Å². The first-order chi connectivity index (χ1) is 44.4. The third-order valence-electron chi connectivity index (χ3n) is 17.0. The topological polar surface area (TPSA) is 70.0 Å². The molecule has 0 spiro atoms. The monoisotopic (exact) mass is 1250 g/mol. The summed E-state index contributed by atoms with van der Waals surface area (Å²) in [5, 5.41) is 2.85. The Bertz CT molecular complexity index is 5070. The Hall–Kier alpha value is -9.42. The summed E-state index contributed by atoms with van der Waals surface area (Å²) in [6, 6.07) is 100. The van der Waals surface area contributed by atoms with Crippen LogP contribution >= 0.6 is 45.9 Å². The average Bonchev–Trinajstić information content (AvgIpc) is 1.98. The first-order valence-corrected chi connectivity index (χ1v) is 32.6. The molecule has 0 saturated carbocycles. The molecule has 0 atom stereocenters. The van der Waals surface area contributed by atoms with E-state index < -0.39 is 0 Å². The van der Waals surface area contributed by atoms with Crippen LogP contribution in [0.2, 0.25) is 10.4 Å². The molecule has 1 aliphatic heterocycles. The van der Waals surface area contributed by atoms with Gasteiger partial charge in [-0.25, -0.2) is 19.9 Å². The van der Waals surface area contributed by atoms with E-state index in [1.165, 1.54) is 65.9 Å². The van der Waals surface area contributed by atoms with Crippen molar-refractivity contribution >= 4 is 99.1 Å². The summed E-state index contributed by atoms with van der Waals surface area (Å²) in [6.45, 7) is 8.32. The molecule has 91 heavy (non-hydrogen) atoms. The number of hydrogen-bond donors (Lipinski definition) is 0. The molecule has 15 aromatic rings. The quantitative estimate of drug-likeness (QED) is 0.0815. The van der Waals surface area contributed by atoms with Crippen LogP contribution in [0.15, 0.2) is 285 Å². The third-order valence-corrected chi connectivity index (χ3v) is 19.9. The smallest absolute Gasteiger partial charge is 0.399 e. The summed E-state index contributed by atoms with van der Waals surface area (Å²) < 4.78 is 16.7. The predicted octanol–water partition coefficient (Wildman–Crippen LogP) is 22.3. The van der Waals surface area contributed by atoms with Gasteiger partial charge in [-0.05, 0) is 142 Å². The molecule has 4 aromatic heterocycles. The molecule has 1 fully saturated rings. The van der Waals surface area contributed by atoms with Crippen LogP contribution in [-0.4, -0.2) is 38.3 Å². The van der Waals surface area contributed by atoms with Crippen LogP contribution in [0.3, 0.4) is 0 Å². The van der Waals surface area contributed by atoms with Crippen LogP contribution in [0.5, 0.6) is 0 Å². The van der Waals surface area contributed by atoms with Gasteiger partial charge in [0.1, 0.15) is 0 Å². The lowest BCUT2D eigenvalue weighted by Crippen LogP contribution is -2.41. The van der Waals surface area contributed by atoms with Gasteiger partial charge < -0.3 is 9.31 Å². The fourth-order valence-corrected chi connectivity index (χ4v) is 14.1. The van der Waals surface area contributed by atoms with Gasteiger partial charge in [0.2, 0.25) is 5.28 Å². The van der Waals surface area contributed by atoms with Gasteiger partial charge in [-0.3, -0.25) is 0 Å². The maximum absolute atomic E-state index is 6.15. The normalized spacial score (nSPS) is 13.2. The zero-order chi connectivity index (χ0) is 62.1. The number of fused-ring (bicyclic) bond motifs is 6. The lowest BCUT2D eigenvalue weighted by molar-refractivity contribution is 0.00578. The fourth-order valence-electron chi connectivity index (χ4n) is 11.4. The molecule has 0 amide bonds. The van der Waals surface area contributed by atoms with Gasteiger partial charge in [-0.2, -0.15) is 0 Å². The Morgan fingerprint density at radius 2 is 0.659 bits per heavy atom. The molecule has 0 bridgehead atoms. The van der Waals surface area contributed by atoms with Crippen LogP contribution in [-0.2, 0) is 9.31 Å². The van der Waals surface area contributed by atoms with Crippen LogP contribution in [0, 0.1) is 0 Å². The molecule has 11 heteroatoms. The molecule has 0 unspecified atom stereocenters. The number of rotatable bonds is 9. The minimum Gasteiger partial charge on any atom is -0.399 e. The Morgan fingerprint density at radius 1 is 0.319 bits per heavy atom. The zero-order valence-electron chi connectivity index (χ0n) is 50.4. The molecule has 1 aliphatic rings. The van der Waals surface area contributed by atoms with E-state index in [-0.39, 0.29) is 23.6 Å². The molecular formula is C80H59BCl2N4O2S2. The van der Waals surface area contributed by atoms with Crippen molar-refractivity contribution in [1.82, 2.24) is 19.9 Å². The maximum Gasteiger partial charge on any atom is 0.494 e. The van der Waals surface area contributed by atoms with Crippen molar-refractivity contribution in [3.63, 3.8) is 0 Å².